The molecule has 4 N–H and O–H groups in total. The van der Waals surface area contributed by atoms with Gasteiger partial charge in [-0.05, 0) is 62.1 Å². The number of nitrogens with two attached hydrogens (primary N) is 1. The van der Waals surface area contributed by atoms with Crippen LogP contribution in [0.3, 0.4) is 0 Å². The van der Waals surface area contributed by atoms with Crippen LogP contribution < -0.4 is 25.4 Å². The van der Waals surface area contributed by atoms with Gasteiger partial charge in [-0.2, -0.15) is 0 Å². The molecule has 2 aromatic carbocycles. The smallest absolute Gasteiger partial charge is 0.242 e. The number of methoxy groups -OCH3 is 1. The quantitative estimate of drug-likeness (QED) is 0.458. The van der Waals surface area contributed by atoms with Crippen LogP contribution >= 0.6 is 0 Å². The Morgan fingerprint density at radius 2 is 1.80 bits per heavy atom. The Morgan fingerprint density at radius 1 is 1.14 bits per heavy atom. The number of primary amides is 1. The van der Waals surface area contributed by atoms with Gasteiger partial charge in [0.2, 0.25) is 21.8 Å². The van der Waals surface area contributed by atoms with Crippen molar-refractivity contribution < 1.29 is 22.7 Å². The van der Waals surface area contributed by atoms with Gasteiger partial charge >= 0.3 is 0 Å². The average Bonchev–Trinajstić information content (AvgIpc) is 2.84. The number of rotatable bonds is 10. The Balaban J connectivity index is 1.84. The molecule has 9 nitrogen and oxygen atoms in total. The van der Waals surface area contributed by atoms with Crippen molar-refractivity contribution in [2.75, 3.05) is 30.4 Å². The lowest BCUT2D eigenvalue weighted by atomic mass is 9.96. The van der Waals surface area contributed by atoms with Crippen LogP contribution in [0.25, 0.3) is 0 Å². The highest BCUT2D eigenvalue weighted by atomic mass is 32.2. The maximum atomic E-state index is 13.3. The van der Waals surface area contributed by atoms with Gasteiger partial charge < -0.3 is 20.7 Å². The molecule has 1 aliphatic heterocycles. The van der Waals surface area contributed by atoms with Gasteiger partial charge in [-0.3, -0.25) is 9.59 Å². The van der Waals surface area contributed by atoms with E-state index in [0.717, 1.165) is 5.56 Å². The Hall–Kier alpha value is -3.11. The number of carbonyl (C=O) groups is 2. The minimum atomic E-state index is -3.85. The highest BCUT2D eigenvalue weighted by molar-refractivity contribution is 7.89. The normalized spacial score (nSPS) is 15.5. The van der Waals surface area contributed by atoms with Crippen LogP contribution in [0.4, 0.5) is 11.4 Å². The van der Waals surface area contributed by atoms with Crippen LogP contribution in [-0.2, 0) is 26.0 Å². The summed E-state index contributed by atoms with van der Waals surface area (Å²) in [5, 5.41) is 2.81. The van der Waals surface area contributed by atoms with Gasteiger partial charge in [0.25, 0.3) is 0 Å². The molecule has 0 radical (unpaired) electrons. The highest BCUT2D eigenvalue weighted by Gasteiger charge is 2.28. The first kappa shape index (κ1) is 26.5. The van der Waals surface area contributed by atoms with Gasteiger partial charge in [-0.25, -0.2) is 13.1 Å². The standard InChI is InChI=1S/C25H34N4O5S/c1-4-17(2)28-35(32,33)23-16-20(27-24(30)15-18-5-8-21(34-3)9-6-18)7-10-22(23)29-13-11-19(12-14-29)25(26)31/h5-10,16-17,19,28H,4,11-15H2,1-3H3,(H2,26,31)(H,27,30). The zero-order valence-corrected chi connectivity index (χ0v) is 21.2. The third-order valence-electron chi connectivity index (χ3n) is 6.26. The first-order valence-electron chi connectivity index (χ1n) is 11.8. The molecule has 10 heteroatoms. The van der Waals surface area contributed by atoms with Gasteiger partial charge in [0.15, 0.2) is 0 Å². The molecule has 0 bridgehead atoms. The molecule has 1 fully saturated rings. The summed E-state index contributed by atoms with van der Waals surface area (Å²) in [6.45, 7) is 4.74. The lowest BCUT2D eigenvalue weighted by Gasteiger charge is -2.33. The second-order valence-electron chi connectivity index (χ2n) is 8.85. The summed E-state index contributed by atoms with van der Waals surface area (Å²) in [6.07, 6.45) is 1.90. The second-order valence-corrected chi connectivity index (χ2v) is 10.5. The molecule has 0 spiro atoms. The number of ether oxygens (including phenoxy) is 1. The van der Waals surface area contributed by atoms with E-state index in [0.29, 0.717) is 49.5 Å². The lowest BCUT2D eigenvalue weighted by Crippen LogP contribution is -2.40. The number of nitrogens with one attached hydrogen (secondary N) is 2. The molecule has 190 valence electrons. The third-order valence-corrected chi connectivity index (χ3v) is 7.88. The molecule has 2 amide bonds. The molecule has 2 aromatic rings. The van der Waals surface area contributed by atoms with Crippen molar-refractivity contribution in [3.8, 4) is 5.75 Å². The number of benzene rings is 2. The Morgan fingerprint density at radius 3 is 2.37 bits per heavy atom. The molecule has 1 unspecified atom stereocenters. The van der Waals surface area contributed by atoms with Crippen LogP contribution in [0.1, 0.15) is 38.7 Å². The minimum Gasteiger partial charge on any atom is -0.497 e. The predicted octanol–water partition coefficient (Wildman–Crippen LogP) is 2.65. The van der Waals surface area contributed by atoms with Gasteiger partial charge in [-0.15, -0.1) is 0 Å². The maximum Gasteiger partial charge on any atom is 0.242 e. The van der Waals surface area contributed by atoms with Crippen LogP contribution in [0, 0.1) is 5.92 Å². The number of anilines is 2. The summed E-state index contributed by atoms with van der Waals surface area (Å²) in [6, 6.07) is 11.8. The van der Waals surface area contributed by atoms with Crippen molar-refractivity contribution in [1.29, 1.82) is 0 Å². The summed E-state index contributed by atoms with van der Waals surface area (Å²) in [5.74, 6) is -0.0939. The second kappa shape index (κ2) is 11.5. The Kier molecular flexibility index (Phi) is 8.74. The molecule has 1 heterocycles. The largest absolute Gasteiger partial charge is 0.497 e. The van der Waals surface area contributed by atoms with E-state index in [1.807, 2.05) is 24.0 Å². The summed E-state index contributed by atoms with van der Waals surface area (Å²) in [5.41, 5.74) is 7.19. The van der Waals surface area contributed by atoms with Crippen molar-refractivity contribution in [2.24, 2.45) is 11.7 Å². The molecular formula is C25H34N4O5S. The van der Waals surface area contributed by atoms with Crippen LogP contribution in [-0.4, -0.2) is 46.5 Å². The summed E-state index contributed by atoms with van der Waals surface area (Å²) in [4.78, 5) is 26.2. The predicted molar refractivity (Wildman–Crippen MR) is 136 cm³/mol. The fraction of sp³-hybridized carbons (Fsp3) is 0.440. The topological polar surface area (TPSA) is 131 Å². The van der Waals surface area contributed by atoms with Crippen molar-refractivity contribution >= 4 is 33.2 Å². The summed E-state index contributed by atoms with van der Waals surface area (Å²) < 4.78 is 34.4. The number of nitrogens with zero attached hydrogens (tertiary/aromatic N) is 1. The number of piperidine rings is 1. The molecule has 0 aliphatic carbocycles. The molecule has 1 saturated heterocycles. The lowest BCUT2D eigenvalue weighted by molar-refractivity contribution is -0.122. The first-order valence-corrected chi connectivity index (χ1v) is 13.2. The van der Waals surface area contributed by atoms with Crippen molar-refractivity contribution in [2.45, 2.75) is 50.5 Å². The Labute approximate surface area is 207 Å². The van der Waals surface area contributed by atoms with Crippen LogP contribution in [0.15, 0.2) is 47.4 Å². The number of carbonyl (C=O) groups excluding carboxylic acids is 2. The monoisotopic (exact) mass is 502 g/mol. The fourth-order valence-electron chi connectivity index (χ4n) is 4.02. The summed E-state index contributed by atoms with van der Waals surface area (Å²) >= 11 is 0. The molecule has 1 atom stereocenters. The third kappa shape index (κ3) is 6.95. The van der Waals surface area contributed by atoms with Crippen LogP contribution in [0.2, 0.25) is 0 Å². The van der Waals surface area contributed by atoms with E-state index in [1.165, 1.54) is 6.07 Å². The van der Waals surface area contributed by atoms with E-state index in [-0.39, 0.29) is 35.1 Å². The number of hydrogen-bond donors (Lipinski definition) is 3. The zero-order chi connectivity index (χ0) is 25.6. The highest BCUT2D eigenvalue weighted by Crippen LogP contribution is 2.32. The van der Waals surface area contributed by atoms with Crippen molar-refractivity contribution in [3.05, 3.63) is 48.0 Å². The first-order chi connectivity index (χ1) is 16.6. The molecule has 0 saturated carbocycles. The summed E-state index contributed by atoms with van der Waals surface area (Å²) in [7, 11) is -2.28. The molecule has 0 aromatic heterocycles. The maximum absolute atomic E-state index is 13.3. The van der Waals surface area contributed by atoms with E-state index in [1.54, 1.807) is 38.3 Å². The van der Waals surface area contributed by atoms with Crippen LogP contribution in [0.5, 0.6) is 5.75 Å². The van der Waals surface area contributed by atoms with E-state index < -0.39 is 10.0 Å². The molecule has 1 aliphatic rings. The SMILES string of the molecule is CCC(C)NS(=O)(=O)c1cc(NC(=O)Cc2ccc(OC)cc2)ccc1N1CCC(C(N)=O)CC1. The molecular weight excluding hydrogens is 468 g/mol. The van der Waals surface area contributed by atoms with E-state index >= 15 is 0 Å². The average molecular weight is 503 g/mol. The van der Waals surface area contributed by atoms with Gasteiger partial charge in [-0.1, -0.05) is 19.1 Å². The molecule has 35 heavy (non-hydrogen) atoms. The van der Waals surface area contributed by atoms with E-state index in [9.17, 15) is 18.0 Å². The van der Waals surface area contributed by atoms with E-state index in [4.69, 9.17) is 10.5 Å². The molecule has 3 rings (SSSR count). The van der Waals surface area contributed by atoms with Gasteiger partial charge in [0.1, 0.15) is 10.6 Å². The zero-order valence-electron chi connectivity index (χ0n) is 20.4. The fourth-order valence-corrected chi connectivity index (χ4v) is 5.60. The minimum absolute atomic E-state index is 0.0950. The number of amides is 2. The van der Waals surface area contributed by atoms with Crippen molar-refractivity contribution in [1.82, 2.24) is 4.72 Å². The van der Waals surface area contributed by atoms with Gasteiger partial charge in [0.05, 0.1) is 19.2 Å². The number of hydrogen-bond acceptors (Lipinski definition) is 6. The van der Waals surface area contributed by atoms with E-state index in [2.05, 4.69) is 10.0 Å². The van der Waals surface area contributed by atoms with Gasteiger partial charge in [0, 0.05) is 30.7 Å². The Bertz CT molecular complexity index is 1140. The van der Waals surface area contributed by atoms with Crippen molar-refractivity contribution in [3.63, 3.8) is 0 Å². The number of sulfonamides is 1.